The molecular weight excluding hydrogens is 324 g/mol. The van der Waals surface area contributed by atoms with E-state index in [4.69, 9.17) is 0 Å². The molecule has 126 valence electrons. The van der Waals surface area contributed by atoms with Crippen LogP contribution in [0.2, 0.25) is 0 Å². The Morgan fingerprint density at radius 1 is 0.917 bits per heavy atom. The molecule has 24 heavy (non-hydrogen) atoms. The van der Waals surface area contributed by atoms with E-state index in [1.807, 2.05) is 43.3 Å². The average Bonchev–Trinajstić information content (AvgIpc) is 2.78. The van der Waals surface area contributed by atoms with Crippen LogP contribution in [0.4, 0.5) is 5.69 Å². The predicted octanol–water partition coefficient (Wildman–Crippen LogP) is 2.42. The molecule has 0 atom stereocenters. The van der Waals surface area contributed by atoms with Gasteiger partial charge in [0.05, 0.1) is 4.90 Å². The lowest BCUT2D eigenvalue weighted by molar-refractivity contribution is -0.118. The first-order valence-electron chi connectivity index (χ1n) is 7.91. The number of rotatable bonds is 3. The van der Waals surface area contributed by atoms with Crippen molar-refractivity contribution in [2.45, 2.75) is 18.2 Å². The van der Waals surface area contributed by atoms with E-state index in [0.29, 0.717) is 6.54 Å². The molecule has 1 fully saturated rings. The van der Waals surface area contributed by atoms with Crippen molar-refractivity contribution in [2.24, 2.45) is 0 Å². The lowest BCUT2D eigenvalue weighted by Gasteiger charge is -2.22. The summed E-state index contributed by atoms with van der Waals surface area (Å²) in [6.07, 6.45) is 0.180. The number of amides is 1. The van der Waals surface area contributed by atoms with Gasteiger partial charge in [-0.2, -0.15) is 4.31 Å². The average molecular weight is 344 g/mol. The highest BCUT2D eigenvalue weighted by Crippen LogP contribution is 2.22. The van der Waals surface area contributed by atoms with Crippen molar-refractivity contribution in [3.63, 3.8) is 0 Å². The van der Waals surface area contributed by atoms with E-state index in [9.17, 15) is 13.2 Å². The highest BCUT2D eigenvalue weighted by atomic mass is 32.2. The topological polar surface area (TPSA) is 57.7 Å². The highest BCUT2D eigenvalue weighted by Gasteiger charge is 2.30. The lowest BCUT2D eigenvalue weighted by Crippen LogP contribution is -2.35. The van der Waals surface area contributed by atoms with Crippen molar-refractivity contribution in [3.05, 3.63) is 60.2 Å². The molecule has 1 heterocycles. The summed E-state index contributed by atoms with van der Waals surface area (Å²) in [5.41, 5.74) is 1.70. The van der Waals surface area contributed by atoms with Crippen molar-refractivity contribution in [1.29, 1.82) is 0 Å². The maximum atomic E-state index is 12.8. The van der Waals surface area contributed by atoms with Crippen LogP contribution in [0.1, 0.15) is 12.0 Å². The summed E-state index contributed by atoms with van der Waals surface area (Å²) in [5.74, 6) is -0.0526. The third-order valence-corrected chi connectivity index (χ3v) is 6.04. The Kier molecular flexibility index (Phi) is 4.69. The zero-order valence-corrected chi connectivity index (χ0v) is 14.4. The third kappa shape index (κ3) is 3.34. The number of benzene rings is 2. The molecule has 1 aliphatic rings. The van der Waals surface area contributed by atoms with Gasteiger partial charge in [-0.1, -0.05) is 30.3 Å². The van der Waals surface area contributed by atoms with Crippen molar-refractivity contribution in [3.8, 4) is 0 Å². The SMILES string of the molecule is Cc1cccc(S(=O)(=O)N2CCC(=O)N(c3ccccc3)CC2)c1. The fourth-order valence-electron chi connectivity index (χ4n) is 2.85. The molecule has 0 radical (unpaired) electrons. The summed E-state index contributed by atoms with van der Waals surface area (Å²) in [5, 5.41) is 0. The Balaban J connectivity index is 1.84. The number of carbonyl (C=O) groups excluding carboxylic acids is 1. The van der Waals surface area contributed by atoms with E-state index in [1.54, 1.807) is 23.1 Å². The molecule has 1 saturated heterocycles. The Morgan fingerprint density at radius 2 is 1.67 bits per heavy atom. The zero-order chi connectivity index (χ0) is 17.2. The van der Waals surface area contributed by atoms with Crippen LogP contribution < -0.4 is 4.90 Å². The summed E-state index contributed by atoms with van der Waals surface area (Å²) in [6, 6.07) is 16.2. The minimum absolute atomic E-state index is 0.0526. The van der Waals surface area contributed by atoms with Gasteiger partial charge in [0.25, 0.3) is 0 Å². The van der Waals surface area contributed by atoms with Crippen molar-refractivity contribution in [2.75, 3.05) is 24.5 Å². The fourth-order valence-corrected chi connectivity index (χ4v) is 4.39. The number of sulfonamides is 1. The molecule has 0 saturated carbocycles. The molecule has 0 aliphatic carbocycles. The van der Waals surface area contributed by atoms with E-state index in [1.165, 1.54) is 4.31 Å². The first kappa shape index (κ1) is 16.7. The standard InChI is InChI=1S/C18H20N2O3S/c1-15-6-5-9-17(14-15)24(22,23)19-11-10-18(21)20(13-12-19)16-7-3-2-4-8-16/h2-9,14H,10-13H2,1H3. The summed E-state index contributed by atoms with van der Waals surface area (Å²) in [6.45, 7) is 2.71. The summed E-state index contributed by atoms with van der Waals surface area (Å²) >= 11 is 0. The van der Waals surface area contributed by atoms with Crippen LogP contribution in [0, 0.1) is 6.92 Å². The predicted molar refractivity (Wildman–Crippen MR) is 93.3 cm³/mol. The zero-order valence-electron chi connectivity index (χ0n) is 13.6. The molecular formula is C18H20N2O3S. The minimum atomic E-state index is -3.58. The van der Waals surface area contributed by atoms with Crippen LogP contribution in [0.25, 0.3) is 0 Å². The van der Waals surface area contributed by atoms with E-state index in [-0.39, 0.29) is 30.3 Å². The number of anilines is 1. The van der Waals surface area contributed by atoms with Crippen molar-refractivity contribution in [1.82, 2.24) is 4.31 Å². The second-order valence-electron chi connectivity index (χ2n) is 5.85. The van der Waals surface area contributed by atoms with Gasteiger partial charge in [0, 0.05) is 31.7 Å². The monoisotopic (exact) mass is 344 g/mol. The fraction of sp³-hybridized carbons (Fsp3) is 0.278. The van der Waals surface area contributed by atoms with Crippen LogP contribution in [0.3, 0.4) is 0 Å². The number of carbonyl (C=O) groups is 1. The van der Waals surface area contributed by atoms with Crippen LogP contribution >= 0.6 is 0 Å². The first-order chi connectivity index (χ1) is 11.5. The molecule has 3 rings (SSSR count). The van der Waals surface area contributed by atoms with Gasteiger partial charge in [-0.15, -0.1) is 0 Å². The molecule has 1 amide bonds. The minimum Gasteiger partial charge on any atom is -0.311 e. The van der Waals surface area contributed by atoms with Gasteiger partial charge in [0.2, 0.25) is 15.9 Å². The van der Waals surface area contributed by atoms with Crippen molar-refractivity contribution < 1.29 is 13.2 Å². The Hall–Kier alpha value is -2.18. The van der Waals surface area contributed by atoms with Crippen molar-refractivity contribution >= 4 is 21.6 Å². The molecule has 6 heteroatoms. The maximum Gasteiger partial charge on any atom is 0.243 e. The first-order valence-corrected chi connectivity index (χ1v) is 9.35. The molecule has 2 aromatic carbocycles. The molecule has 0 N–H and O–H groups in total. The normalized spacial score (nSPS) is 16.9. The molecule has 0 aromatic heterocycles. The quantitative estimate of drug-likeness (QED) is 0.859. The molecule has 0 bridgehead atoms. The van der Waals surface area contributed by atoms with Gasteiger partial charge in [0.15, 0.2) is 0 Å². The van der Waals surface area contributed by atoms with E-state index >= 15 is 0 Å². The highest BCUT2D eigenvalue weighted by molar-refractivity contribution is 7.89. The van der Waals surface area contributed by atoms with Gasteiger partial charge >= 0.3 is 0 Å². The van der Waals surface area contributed by atoms with E-state index in [0.717, 1.165) is 11.3 Å². The Labute approximate surface area is 142 Å². The largest absolute Gasteiger partial charge is 0.311 e. The van der Waals surface area contributed by atoms with E-state index in [2.05, 4.69) is 0 Å². The summed E-state index contributed by atoms with van der Waals surface area (Å²) in [4.78, 5) is 14.3. The smallest absolute Gasteiger partial charge is 0.243 e. The van der Waals surface area contributed by atoms with Crippen LogP contribution in [0.15, 0.2) is 59.5 Å². The van der Waals surface area contributed by atoms with Crippen LogP contribution in [-0.4, -0.2) is 38.3 Å². The Morgan fingerprint density at radius 3 is 2.38 bits per heavy atom. The number of para-hydroxylation sites is 1. The van der Waals surface area contributed by atoms with Gasteiger partial charge in [-0.25, -0.2) is 8.42 Å². The van der Waals surface area contributed by atoms with Crippen LogP contribution in [0.5, 0.6) is 0 Å². The second kappa shape index (κ2) is 6.75. The summed E-state index contributed by atoms with van der Waals surface area (Å²) < 4.78 is 27.1. The van der Waals surface area contributed by atoms with Gasteiger partial charge in [-0.05, 0) is 36.8 Å². The number of nitrogens with zero attached hydrogens (tertiary/aromatic N) is 2. The third-order valence-electron chi connectivity index (χ3n) is 4.14. The molecule has 2 aromatic rings. The van der Waals surface area contributed by atoms with Gasteiger partial charge in [-0.3, -0.25) is 4.79 Å². The Bertz CT molecular complexity index is 834. The lowest BCUT2D eigenvalue weighted by atomic mass is 10.2. The molecule has 0 spiro atoms. The molecule has 0 unspecified atom stereocenters. The number of hydrogen-bond donors (Lipinski definition) is 0. The van der Waals surface area contributed by atoms with Gasteiger partial charge < -0.3 is 4.90 Å². The summed E-state index contributed by atoms with van der Waals surface area (Å²) in [7, 11) is -3.58. The number of hydrogen-bond acceptors (Lipinski definition) is 3. The molecule has 1 aliphatic heterocycles. The van der Waals surface area contributed by atoms with Crippen LogP contribution in [-0.2, 0) is 14.8 Å². The molecule has 5 nitrogen and oxygen atoms in total. The maximum absolute atomic E-state index is 12.8. The van der Waals surface area contributed by atoms with Gasteiger partial charge in [0.1, 0.15) is 0 Å². The van der Waals surface area contributed by atoms with E-state index < -0.39 is 10.0 Å². The number of aryl methyl sites for hydroxylation is 1. The second-order valence-corrected chi connectivity index (χ2v) is 7.79.